The maximum Gasteiger partial charge on any atom is 0.269 e. The van der Waals surface area contributed by atoms with Gasteiger partial charge in [-0.25, -0.2) is 8.78 Å². The lowest BCUT2D eigenvalue weighted by Gasteiger charge is -2.14. The van der Waals surface area contributed by atoms with Gasteiger partial charge in [0.15, 0.2) is 0 Å². The van der Waals surface area contributed by atoms with Crippen LogP contribution in [0.15, 0.2) is 53.4 Å². The Morgan fingerprint density at radius 1 is 1.07 bits per heavy atom. The number of amides is 3. The Bertz CT molecular complexity index is 1040. The highest BCUT2D eigenvalue weighted by Gasteiger charge is 2.32. The molecule has 6 nitrogen and oxygen atoms in total. The van der Waals surface area contributed by atoms with Crippen molar-refractivity contribution in [1.82, 2.24) is 15.8 Å². The van der Waals surface area contributed by atoms with E-state index in [4.69, 9.17) is 12.2 Å². The van der Waals surface area contributed by atoms with Crippen LogP contribution >= 0.6 is 24.0 Å². The van der Waals surface area contributed by atoms with Crippen LogP contribution in [0.5, 0.6) is 0 Å². The number of carbonyl (C=O) groups excluding carboxylic acids is 3. The summed E-state index contributed by atoms with van der Waals surface area (Å²) in [7, 11) is 0. The number of carbonyl (C=O) groups is 3. The van der Waals surface area contributed by atoms with Gasteiger partial charge in [-0.1, -0.05) is 42.2 Å². The highest BCUT2D eigenvalue weighted by atomic mass is 32.2. The van der Waals surface area contributed by atoms with Gasteiger partial charge in [-0.2, -0.15) is 0 Å². The van der Waals surface area contributed by atoms with E-state index in [0.717, 1.165) is 23.9 Å². The zero-order valence-corrected chi connectivity index (χ0v) is 17.0. The van der Waals surface area contributed by atoms with Gasteiger partial charge in [-0.15, -0.1) is 0 Å². The van der Waals surface area contributed by atoms with Crippen LogP contribution in [0.1, 0.15) is 22.3 Å². The van der Waals surface area contributed by atoms with Crippen molar-refractivity contribution in [2.75, 3.05) is 6.54 Å². The van der Waals surface area contributed by atoms with Gasteiger partial charge in [0.2, 0.25) is 5.91 Å². The summed E-state index contributed by atoms with van der Waals surface area (Å²) < 4.78 is 26.9. The number of benzene rings is 2. The van der Waals surface area contributed by atoms with E-state index in [1.54, 1.807) is 18.2 Å². The molecule has 154 valence electrons. The van der Waals surface area contributed by atoms with Gasteiger partial charge >= 0.3 is 0 Å². The molecule has 3 rings (SSSR count). The normalized spacial score (nSPS) is 14.9. The average molecular weight is 447 g/mol. The van der Waals surface area contributed by atoms with E-state index in [0.29, 0.717) is 0 Å². The molecule has 0 spiro atoms. The van der Waals surface area contributed by atoms with E-state index in [9.17, 15) is 23.2 Å². The predicted octanol–water partition coefficient (Wildman–Crippen LogP) is 3.02. The van der Waals surface area contributed by atoms with Crippen LogP contribution in [-0.2, 0) is 9.59 Å². The molecule has 2 N–H and O–H groups in total. The second-order valence-electron chi connectivity index (χ2n) is 6.11. The highest BCUT2D eigenvalue weighted by molar-refractivity contribution is 8.26. The van der Waals surface area contributed by atoms with Crippen molar-refractivity contribution in [3.63, 3.8) is 0 Å². The minimum Gasteiger partial charge on any atom is -0.292 e. The van der Waals surface area contributed by atoms with Gasteiger partial charge in [0, 0.05) is 24.1 Å². The molecule has 0 atom stereocenters. The number of nitrogens with zero attached hydrogens (tertiary/aromatic N) is 1. The van der Waals surface area contributed by atoms with Crippen LogP contribution in [0.3, 0.4) is 0 Å². The molecule has 0 unspecified atom stereocenters. The summed E-state index contributed by atoms with van der Waals surface area (Å²) in [6, 6.07) is 10.8. The molecule has 1 fully saturated rings. The monoisotopic (exact) mass is 447 g/mol. The predicted molar refractivity (Wildman–Crippen MR) is 113 cm³/mol. The Kier molecular flexibility index (Phi) is 6.91. The zero-order chi connectivity index (χ0) is 21.7. The molecule has 1 heterocycles. The van der Waals surface area contributed by atoms with Crippen LogP contribution in [-0.4, -0.2) is 33.5 Å². The van der Waals surface area contributed by atoms with Gasteiger partial charge in [-0.05, 0) is 36.4 Å². The number of thiocarbonyl (C=S) groups is 1. The summed E-state index contributed by atoms with van der Waals surface area (Å²) in [4.78, 5) is 37.9. The van der Waals surface area contributed by atoms with Gasteiger partial charge in [0.1, 0.15) is 16.0 Å². The third-order valence-corrected chi connectivity index (χ3v) is 5.43. The lowest BCUT2D eigenvalue weighted by Crippen LogP contribution is -2.43. The van der Waals surface area contributed by atoms with Crippen molar-refractivity contribution in [3.05, 3.63) is 76.2 Å². The smallest absolute Gasteiger partial charge is 0.269 e. The summed E-state index contributed by atoms with van der Waals surface area (Å²) in [6.07, 6.45) is 1.29. The summed E-state index contributed by atoms with van der Waals surface area (Å²) in [5.74, 6) is -2.52. The van der Waals surface area contributed by atoms with Crippen LogP contribution in [0, 0.1) is 11.6 Å². The Balaban J connectivity index is 1.52. The molecule has 2 aromatic carbocycles. The minimum absolute atomic E-state index is 0.00245. The Morgan fingerprint density at radius 3 is 2.47 bits per heavy atom. The average Bonchev–Trinajstić information content (AvgIpc) is 2.99. The number of thioether (sulfide) groups is 1. The van der Waals surface area contributed by atoms with Crippen LogP contribution in [0.25, 0.3) is 6.08 Å². The minimum atomic E-state index is -0.609. The molecule has 30 heavy (non-hydrogen) atoms. The fraction of sp³-hybridized carbons (Fsp3) is 0.100. The van der Waals surface area contributed by atoms with E-state index < -0.39 is 29.4 Å². The molecular weight excluding hydrogens is 432 g/mol. The number of hydrogen-bond donors (Lipinski definition) is 2. The first-order valence-corrected chi connectivity index (χ1v) is 9.92. The van der Waals surface area contributed by atoms with Crippen molar-refractivity contribution in [2.45, 2.75) is 6.42 Å². The first-order valence-electron chi connectivity index (χ1n) is 8.70. The number of hydrazine groups is 1. The van der Waals surface area contributed by atoms with Crippen LogP contribution < -0.4 is 10.9 Å². The fourth-order valence-electron chi connectivity index (χ4n) is 2.50. The van der Waals surface area contributed by atoms with Gasteiger partial charge in [0.05, 0.1) is 4.91 Å². The van der Waals surface area contributed by atoms with Crippen LogP contribution in [0.4, 0.5) is 8.78 Å². The summed E-state index contributed by atoms with van der Waals surface area (Å²) in [5.41, 5.74) is 4.87. The van der Waals surface area contributed by atoms with Gasteiger partial charge in [0.25, 0.3) is 11.8 Å². The molecule has 0 bridgehead atoms. The van der Waals surface area contributed by atoms with Gasteiger partial charge < -0.3 is 0 Å². The quantitative estimate of drug-likeness (QED) is 0.419. The molecule has 0 aliphatic carbocycles. The summed E-state index contributed by atoms with van der Waals surface area (Å²) >= 11 is 6.20. The van der Waals surface area contributed by atoms with Crippen LogP contribution in [0.2, 0.25) is 0 Å². The van der Waals surface area contributed by atoms with Crippen molar-refractivity contribution >= 4 is 52.1 Å². The summed E-state index contributed by atoms with van der Waals surface area (Å²) in [6.45, 7) is -0.00245. The van der Waals surface area contributed by atoms with E-state index in [2.05, 4.69) is 10.9 Å². The molecule has 1 saturated heterocycles. The topological polar surface area (TPSA) is 78.5 Å². The number of rotatable bonds is 5. The standard InChI is InChI=1S/C20H15F2N3O3S2/c21-14-7-5-12(6-8-14)18(27)24-23-17(26)9-10-25-19(28)16(30-20(25)29)11-13-3-1-2-4-15(13)22/h1-8,11H,9-10H2,(H,23,26)(H,24,27)/b16-11+. The molecule has 0 aromatic heterocycles. The van der Waals surface area contributed by atoms with E-state index in [1.807, 2.05) is 0 Å². The van der Waals surface area contributed by atoms with Crippen molar-refractivity contribution < 1.29 is 23.2 Å². The Labute approximate surface area is 180 Å². The molecule has 2 aromatic rings. The van der Waals surface area contributed by atoms with Crippen molar-refractivity contribution in [3.8, 4) is 0 Å². The number of nitrogens with one attached hydrogen (secondary N) is 2. The van der Waals surface area contributed by atoms with Crippen molar-refractivity contribution in [1.29, 1.82) is 0 Å². The van der Waals surface area contributed by atoms with E-state index in [1.165, 1.54) is 29.2 Å². The molecule has 0 saturated carbocycles. The maximum atomic E-state index is 13.8. The van der Waals surface area contributed by atoms with E-state index >= 15 is 0 Å². The summed E-state index contributed by atoms with van der Waals surface area (Å²) in [5, 5.41) is 0. The van der Waals surface area contributed by atoms with Crippen molar-refractivity contribution in [2.24, 2.45) is 0 Å². The van der Waals surface area contributed by atoms with Gasteiger partial charge in [-0.3, -0.25) is 30.1 Å². The lowest BCUT2D eigenvalue weighted by molar-refractivity contribution is -0.124. The molecule has 10 heteroatoms. The molecule has 3 amide bonds. The zero-order valence-electron chi connectivity index (χ0n) is 15.4. The fourth-order valence-corrected chi connectivity index (χ4v) is 3.80. The maximum absolute atomic E-state index is 13.8. The molecule has 1 aliphatic heterocycles. The Hall–Kier alpha value is -3.11. The Morgan fingerprint density at radius 2 is 1.77 bits per heavy atom. The SMILES string of the molecule is O=C(CCN1C(=O)/C(=C\c2ccccc2F)SC1=S)NNC(=O)c1ccc(F)cc1. The first kappa shape index (κ1) is 21.6. The third-order valence-electron chi connectivity index (χ3n) is 4.05. The first-order chi connectivity index (χ1) is 14.3. The van der Waals surface area contributed by atoms with E-state index in [-0.39, 0.29) is 33.3 Å². The lowest BCUT2D eigenvalue weighted by atomic mass is 10.2. The second-order valence-corrected chi connectivity index (χ2v) is 7.79. The molecular formula is C20H15F2N3O3S2. The third kappa shape index (κ3) is 5.28. The highest BCUT2D eigenvalue weighted by Crippen LogP contribution is 2.32. The number of hydrogen-bond acceptors (Lipinski definition) is 5. The number of halogens is 2. The second kappa shape index (κ2) is 9.59. The largest absolute Gasteiger partial charge is 0.292 e. The molecule has 0 radical (unpaired) electrons. The molecule has 1 aliphatic rings.